The highest BCUT2D eigenvalue weighted by Crippen LogP contribution is 2.23. The fourth-order valence-corrected chi connectivity index (χ4v) is 2.70. The fraction of sp³-hybridized carbons (Fsp3) is 0.250. The lowest BCUT2D eigenvalue weighted by molar-refractivity contribution is -0.120. The van der Waals surface area contributed by atoms with Crippen molar-refractivity contribution in [3.63, 3.8) is 0 Å². The van der Waals surface area contributed by atoms with Crippen LogP contribution in [0, 0.1) is 0 Å². The van der Waals surface area contributed by atoms with Crippen LogP contribution in [-0.4, -0.2) is 31.2 Å². The van der Waals surface area contributed by atoms with Gasteiger partial charge in [-0.25, -0.2) is 5.43 Å². The molecule has 2 amide bonds. The molecule has 0 aliphatic heterocycles. The van der Waals surface area contributed by atoms with Crippen molar-refractivity contribution >= 4 is 52.8 Å². The molecule has 2 N–H and O–H groups in total. The maximum atomic E-state index is 12.0. The lowest BCUT2D eigenvalue weighted by Gasteiger charge is -2.08. The molecule has 0 bridgehead atoms. The fourth-order valence-electron chi connectivity index (χ4n) is 2.22. The van der Waals surface area contributed by atoms with E-state index in [1.807, 2.05) is 6.92 Å². The number of carbonyl (C=O) groups excluding carboxylic acids is 2. The van der Waals surface area contributed by atoms with E-state index in [9.17, 15) is 9.59 Å². The Labute approximate surface area is 184 Å². The number of nitrogens with one attached hydrogen (secondary N) is 2. The van der Waals surface area contributed by atoms with Crippen LogP contribution in [0.1, 0.15) is 35.7 Å². The van der Waals surface area contributed by atoms with Crippen LogP contribution in [0.3, 0.4) is 0 Å². The van der Waals surface area contributed by atoms with Crippen LogP contribution in [0.15, 0.2) is 41.5 Å². The molecule has 2 rings (SSSR count). The second-order valence-electron chi connectivity index (χ2n) is 5.96. The van der Waals surface area contributed by atoms with Gasteiger partial charge in [0.1, 0.15) is 5.75 Å². The van der Waals surface area contributed by atoms with E-state index < -0.39 is 0 Å². The third-order valence-corrected chi connectivity index (χ3v) is 4.62. The van der Waals surface area contributed by atoms with Gasteiger partial charge >= 0.3 is 0 Å². The Balaban J connectivity index is 1.82. The van der Waals surface area contributed by atoms with Crippen molar-refractivity contribution < 1.29 is 14.3 Å². The van der Waals surface area contributed by atoms with E-state index in [0.717, 1.165) is 6.42 Å². The molecule has 0 aromatic heterocycles. The van der Waals surface area contributed by atoms with Crippen LogP contribution in [0.25, 0.3) is 0 Å². The third-order valence-electron chi connectivity index (χ3n) is 3.65. The average molecular weight is 457 g/mol. The zero-order valence-corrected chi connectivity index (χ0v) is 17.9. The molecule has 0 saturated carbocycles. The molecule has 9 heteroatoms. The molecule has 0 heterocycles. The molecule has 0 saturated heterocycles. The van der Waals surface area contributed by atoms with Crippen molar-refractivity contribution in [2.45, 2.75) is 19.8 Å². The lowest BCUT2D eigenvalue weighted by atomic mass is 10.2. The zero-order chi connectivity index (χ0) is 21.2. The van der Waals surface area contributed by atoms with Gasteiger partial charge in [-0.15, -0.1) is 0 Å². The van der Waals surface area contributed by atoms with Gasteiger partial charge < -0.3 is 10.1 Å². The van der Waals surface area contributed by atoms with E-state index in [1.54, 1.807) is 24.3 Å². The molecule has 154 valence electrons. The maximum absolute atomic E-state index is 12.0. The lowest BCUT2D eigenvalue weighted by Crippen LogP contribution is -2.29. The van der Waals surface area contributed by atoms with E-state index in [-0.39, 0.29) is 29.8 Å². The van der Waals surface area contributed by atoms with Crippen LogP contribution >= 0.6 is 34.8 Å². The number of ether oxygens (including phenoxy) is 1. The van der Waals surface area contributed by atoms with Crippen molar-refractivity contribution in [2.24, 2.45) is 5.10 Å². The summed E-state index contributed by atoms with van der Waals surface area (Å²) < 4.78 is 5.62. The molecule has 0 atom stereocenters. The van der Waals surface area contributed by atoms with E-state index in [1.165, 1.54) is 18.3 Å². The minimum atomic E-state index is -0.353. The Morgan fingerprint density at radius 1 is 1.10 bits per heavy atom. The van der Waals surface area contributed by atoms with E-state index >= 15 is 0 Å². The summed E-state index contributed by atoms with van der Waals surface area (Å²) in [6.07, 6.45) is 2.38. The Bertz CT molecular complexity index is 904. The molecule has 6 nitrogen and oxygen atoms in total. The summed E-state index contributed by atoms with van der Waals surface area (Å²) in [4.78, 5) is 23.9. The first kappa shape index (κ1) is 23.0. The van der Waals surface area contributed by atoms with Gasteiger partial charge in [0.05, 0.1) is 22.9 Å². The predicted octanol–water partition coefficient (Wildman–Crippen LogP) is 4.71. The number of benzene rings is 2. The first-order valence-electron chi connectivity index (χ1n) is 8.88. The highest BCUT2D eigenvalue weighted by Gasteiger charge is 2.09. The SMILES string of the molecule is CCCOc1ccc(Cl)cc1C=NNC(=O)CCNC(=O)c1ccc(Cl)c(Cl)c1. The van der Waals surface area contributed by atoms with Gasteiger partial charge in [-0.1, -0.05) is 41.7 Å². The van der Waals surface area contributed by atoms with Gasteiger partial charge in [0.2, 0.25) is 5.91 Å². The number of halogens is 3. The molecular weight excluding hydrogens is 437 g/mol. The van der Waals surface area contributed by atoms with Gasteiger partial charge in [0.15, 0.2) is 0 Å². The summed E-state index contributed by atoms with van der Waals surface area (Å²) in [7, 11) is 0. The van der Waals surface area contributed by atoms with Crippen molar-refractivity contribution in [3.05, 3.63) is 62.6 Å². The number of rotatable bonds is 9. The molecule has 0 aliphatic carbocycles. The van der Waals surface area contributed by atoms with Crippen LogP contribution in [0.4, 0.5) is 0 Å². The normalized spacial score (nSPS) is 10.8. The monoisotopic (exact) mass is 455 g/mol. The molecule has 29 heavy (non-hydrogen) atoms. The van der Waals surface area contributed by atoms with Gasteiger partial charge in [-0.2, -0.15) is 5.10 Å². The minimum Gasteiger partial charge on any atom is -0.493 e. The Morgan fingerprint density at radius 2 is 1.90 bits per heavy atom. The molecule has 2 aromatic rings. The smallest absolute Gasteiger partial charge is 0.251 e. The predicted molar refractivity (Wildman–Crippen MR) is 116 cm³/mol. The second kappa shape index (κ2) is 11.7. The highest BCUT2D eigenvalue weighted by atomic mass is 35.5. The summed E-state index contributed by atoms with van der Waals surface area (Å²) in [5.74, 6) is -0.0756. The van der Waals surface area contributed by atoms with Crippen molar-refractivity contribution in [3.8, 4) is 5.75 Å². The summed E-state index contributed by atoms with van der Waals surface area (Å²) in [5.41, 5.74) is 3.42. The molecule has 0 radical (unpaired) electrons. The summed E-state index contributed by atoms with van der Waals surface area (Å²) in [5, 5.41) is 7.74. The van der Waals surface area contributed by atoms with Gasteiger partial charge in [0, 0.05) is 29.1 Å². The Hall–Kier alpha value is -2.28. The van der Waals surface area contributed by atoms with Gasteiger partial charge in [-0.3, -0.25) is 9.59 Å². The molecule has 0 fully saturated rings. The average Bonchev–Trinajstić information content (AvgIpc) is 2.69. The van der Waals surface area contributed by atoms with Crippen LogP contribution < -0.4 is 15.5 Å². The van der Waals surface area contributed by atoms with Gasteiger partial charge in [0.25, 0.3) is 5.91 Å². The van der Waals surface area contributed by atoms with Crippen molar-refractivity contribution in [2.75, 3.05) is 13.2 Å². The first-order chi connectivity index (χ1) is 13.9. The molecule has 0 spiro atoms. The van der Waals surface area contributed by atoms with Gasteiger partial charge in [-0.05, 0) is 42.8 Å². The number of nitrogens with zero attached hydrogens (tertiary/aromatic N) is 1. The van der Waals surface area contributed by atoms with E-state index in [0.29, 0.717) is 33.5 Å². The Kier molecular flexibility index (Phi) is 9.25. The summed E-state index contributed by atoms with van der Waals surface area (Å²) in [6, 6.07) is 9.72. The topological polar surface area (TPSA) is 79.8 Å². The first-order valence-corrected chi connectivity index (χ1v) is 10.0. The van der Waals surface area contributed by atoms with Crippen molar-refractivity contribution in [1.29, 1.82) is 0 Å². The number of carbonyl (C=O) groups is 2. The number of amides is 2. The van der Waals surface area contributed by atoms with Crippen LogP contribution in [0.5, 0.6) is 5.75 Å². The third kappa shape index (κ3) is 7.57. The summed E-state index contributed by atoms with van der Waals surface area (Å²) in [6.45, 7) is 2.71. The Morgan fingerprint density at radius 3 is 2.62 bits per heavy atom. The second-order valence-corrected chi connectivity index (χ2v) is 7.21. The quantitative estimate of drug-likeness (QED) is 0.424. The maximum Gasteiger partial charge on any atom is 0.251 e. The largest absolute Gasteiger partial charge is 0.493 e. The van der Waals surface area contributed by atoms with E-state index in [2.05, 4.69) is 15.8 Å². The standard InChI is InChI=1S/C20H20Cl3N3O3/c1-2-9-29-18-6-4-15(21)10-14(18)12-25-26-19(27)7-8-24-20(28)13-3-5-16(22)17(23)11-13/h3-6,10-12H,2,7-9H2,1H3,(H,24,28)(H,26,27). The molecule has 0 aliphatic rings. The van der Waals surface area contributed by atoms with Crippen LogP contribution in [-0.2, 0) is 4.79 Å². The van der Waals surface area contributed by atoms with E-state index in [4.69, 9.17) is 39.5 Å². The zero-order valence-electron chi connectivity index (χ0n) is 15.7. The number of hydrogen-bond acceptors (Lipinski definition) is 4. The summed E-state index contributed by atoms with van der Waals surface area (Å²) >= 11 is 17.7. The highest BCUT2D eigenvalue weighted by molar-refractivity contribution is 6.42. The minimum absolute atomic E-state index is 0.0547. The molecule has 2 aromatic carbocycles. The molecule has 0 unspecified atom stereocenters. The molecular formula is C20H20Cl3N3O3. The van der Waals surface area contributed by atoms with Crippen molar-refractivity contribution in [1.82, 2.24) is 10.7 Å². The van der Waals surface area contributed by atoms with Crippen LogP contribution in [0.2, 0.25) is 15.1 Å². The number of hydrazone groups is 1. The number of hydrogen-bond donors (Lipinski definition) is 2.